The fraction of sp³-hybridized carbons (Fsp3) is 0.105. The molecule has 0 saturated carbocycles. The number of benzene rings is 1. The van der Waals surface area contributed by atoms with Crippen LogP contribution in [-0.2, 0) is 0 Å². The Bertz CT molecular complexity index is 988. The molecule has 3 aromatic rings. The predicted octanol–water partition coefficient (Wildman–Crippen LogP) is 3.37. The molecule has 0 aliphatic rings. The lowest BCUT2D eigenvalue weighted by molar-refractivity contribution is 1.13. The minimum Gasteiger partial charge on any atom is -0.292 e. The molecule has 0 N–H and O–H groups in total. The van der Waals surface area contributed by atoms with Gasteiger partial charge in [-0.1, -0.05) is 49.6 Å². The van der Waals surface area contributed by atoms with E-state index >= 15 is 0 Å². The Balaban J connectivity index is 2.81. The highest BCUT2D eigenvalue weighted by Crippen LogP contribution is 2.19. The van der Waals surface area contributed by atoms with E-state index in [4.69, 9.17) is 4.98 Å². The molecule has 0 bridgehead atoms. The van der Waals surface area contributed by atoms with Gasteiger partial charge in [0.1, 0.15) is 5.65 Å². The van der Waals surface area contributed by atoms with E-state index in [-0.39, 0.29) is 0 Å². The molecule has 0 unspecified atom stereocenters. The zero-order valence-corrected chi connectivity index (χ0v) is 12.4. The van der Waals surface area contributed by atoms with Gasteiger partial charge in [0, 0.05) is 10.8 Å². The fourth-order valence-electron chi connectivity index (χ4n) is 2.98. The normalized spacial score (nSPS) is 13.2. The highest BCUT2D eigenvalue weighted by atomic mass is 15.0. The van der Waals surface area contributed by atoms with Crippen molar-refractivity contribution in [2.75, 3.05) is 0 Å². The summed E-state index contributed by atoms with van der Waals surface area (Å²) in [5.41, 5.74) is 5.15. The Morgan fingerprint density at radius 1 is 1.00 bits per heavy atom. The smallest absolute Gasteiger partial charge is 0.146 e. The van der Waals surface area contributed by atoms with E-state index < -0.39 is 0 Å². The van der Waals surface area contributed by atoms with Crippen molar-refractivity contribution >= 4 is 41.0 Å². The second-order valence-electron chi connectivity index (χ2n) is 4.87. The van der Waals surface area contributed by atoms with E-state index in [0.29, 0.717) is 0 Å². The summed E-state index contributed by atoms with van der Waals surface area (Å²) in [5, 5.41) is 2.31. The van der Waals surface area contributed by atoms with Gasteiger partial charge in [-0.2, -0.15) is 0 Å². The van der Waals surface area contributed by atoms with E-state index in [1.807, 2.05) is 37.3 Å². The van der Waals surface area contributed by atoms with E-state index in [2.05, 4.69) is 42.7 Å². The summed E-state index contributed by atoms with van der Waals surface area (Å²) in [6.07, 6.45) is 7.99. The number of hydrogen-bond donors (Lipinski definition) is 0. The molecule has 2 heteroatoms. The minimum atomic E-state index is 0.930. The molecule has 0 radical (unpaired) electrons. The van der Waals surface area contributed by atoms with Gasteiger partial charge in [0.25, 0.3) is 0 Å². The zero-order valence-electron chi connectivity index (χ0n) is 12.4. The first-order valence-corrected chi connectivity index (χ1v) is 7.07. The molecule has 104 valence electrons. The molecule has 3 rings (SSSR count). The van der Waals surface area contributed by atoms with Gasteiger partial charge in [0.05, 0.1) is 16.4 Å². The van der Waals surface area contributed by atoms with Crippen LogP contribution in [0.2, 0.25) is 0 Å². The quantitative estimate of drug-likeness (QED) is 0.700. The lowest BCUT2D eigenvalue weighted by Gasteiger charge is -2.08. The van der Waals surface area contributed by atoms with E-state index in [9.17, 15) is 0 Å². The lowest BCUT2D eigenvalue weighted by Crippen LogP contribution is -2.34. The number of para-hydroxylation sites is 2. The Morgan fingerprint density at radius 3 is 2.33 bits per heavy atom. The van der Waals surface area contributed by atoms with Gasteiger partial charge in [0.15, 0.2) is 0 Å². The average molecular weight is 274 g/mol. The average Bonchev–Trinajstić information content (AvgIpc) is 2.91. The SMILES string of the molecule is C=Cc1c(C=C)c2nc3ccccc3n2c(=C/C)/c1=C\C. The van der Waals surface area contributed by atoms with Crippen molar-refractivity contribution in [1.82, 2.24) is 9.38 Å². The number of rotatable bonds is 2. The van der Waals surface area contributed by atoms with E-state index in [1.54, 1.807) is 0 Å². The minimum absolute atomic E-state index is 0.930. The molecule has 2 aromatic heterocycles. The third kappa shape index (κ3) is 1.76. The van der Waals surface area contributed by atoms with Crippen molar-refractivity contribution < 1.29 is 0 Å². The molecular weight excluding hydrogens is 256 g/mol. The molecular formula is C19H18N2. The first kappa shape index (κ1) is 13.4. The van der Waals surface area contributed by atoms with Crippen molar-refractivity contribution in [3.8, 4) is 0 Å². The van der Waals surface area contributed by atoms with Gasteiger partial charge in [-0.05, 0) is 31.5 Å². The second kappa shape index (κ2) is 5.06. The van der Waals surface area contributed by atoms with Gasteiger partial charge in [-0.25, -0.2) is 4.98 Å². The number of hydrogen-bond acceptors (Lipinski definition) is 1. The van der Waals surface area contributed by atoms with Crippen molar-refractivity contribution in [1.29, 1.82) is 0 Å². The maximum Gasteiger partial charge on any atom is 0.146 e. The molecule has 0 spiro atoms. The van der Waals surface area contributed by atoms with Crippen molar-refractivity contribution in [3.63, 3.8) is 0 Å². The summed E-state index contributed by atoms with van der Waals surface area (Å²) >= 11 is 0. The van der Waals surface area contributed by atoms with Crippen molar-refractivity contribution in [2.45, 2.75) is 13.8 Å². The Morgan fingerprint density at radius 2 is 1.71 bits per heavy atom. The van der Waals surface area contributed by atoms with Crippen LogP contribution in [0.5, 0.6) is 0 Å². The molecule has 0 atom stereocenters. The Hall–Kier alpha value is -2.61. The van der Waals surface area contributed by atoms with Crippen LogP contribution < -0.4 is 10.6 Å². The fourth-order valence-corrected chi connectivity index (χ4v) is 2.98. The third-order valence-corrected chi connectivity index (χ3v) is 3.87. The number of aromatic nitrogens is 2. The third-order valence-electron chi connectivity index (χ3n) is 3.87. The molecule has 0 aliphatic heterocycles. The number of pyridine rings is 1. The van der Waals surface area contributed by atoms with Crippen LogP contribution in [0, 0.1) is 0 Å². The van der Waals surface area contributed by atoms with Crippen LogP contribution in [-0.4, -0.2) is 9.38 Å². The van der Waals surface area contributed by atoms with E-state index in [0.717, 1.165) is 38.4 Å². The number of imidazole rings is 1. The summed E-state index contributed by atoms with van der Waals surface area (Å²) in [7, 11) is 0. The standard InChI is InChI=1S/C19H18N2/c1-5-13-14(6-2)17(8-4)21-18-12-10-9-11-16(18)20-19(21)15(13)7-3/h5-12H,1,3H2,2,4H3/b14-6-,17-8+. The van der Waals surface area contributed by atoms with Crippen LogP contribution in [0.1, 0.15) is 25.0 Å². The lowest BCUT2D eigenvalue weighted by atomic mass is 10.1. The first-order valence-electron chi connectivity index (χ1n) is 7.07. The molecule has 21 heavy (non-hydrogen) atoms. The van der Waals surface area contributed by atoms with Crippen LogP contribution in [0.3, 0.4) is 0 Å². The molecule has 0 aliphatic carbocycles. The van der Waals surface area contributed by atoms with Gasteiger partial charge in [-0.3, -0.25) is 4.40 Å². The summed E-state index contributed by atoms with van der Waals surface area (Å²) in [5.74, 6) is 0. The Kier molecular flexibility index (Phi) is 3.22. The van der Waals surface area contributed by atoms with Gasteiger partial charge < -0.3 is 0 Å². The number of fused-ring (bicyclic) bond motifs is 3. The van der Waals surface area contributed by atoms with Gasteiger partial charge in [0.2, 0.25) is 0 Å². The predicted molar refractivity (Wildman–Crippen MR) is 92.4 cm³/mol. The molecule has 0 saturated heterocycles. The maximum atomic E-state index is 4.79. The molecule has 1 aromatic carbocycles. The summed E-state index contributed by atoms with van der Waals surface area (Å²) in [6, 6.07) is 8.19. The van der Waals surface area contributed by atoms with Crippen LogP contribution in [0.4, 0.5) is 0 Å². The number of nitrogens with zero attached hydrogens (tertiary/aromatic N) is 2. The molecule has 2 heterocycles. The molecule has 0 fully saturated rings. The summed E-state index contributed by atoms with van der Waals surface area (Å²) < 4.78 is 2.20. The summed E-state index contributed by atoms with van der Waals surface area (Å²) in [6.45, 7) is 12.0. The van der Waals surface area contributed by atoms with E-state index in [1.165, 1.54) is 0 Å². The summed E-state index contributed by atoms with van der Waals surface area (Å²) in [4.78, 5) is 4.79. The second-order valence-corrected chi connectivity index (χ2v) is 4.87. The Labute approximate surface area is 124 Å². The van der Waals surface area contributed by atoms with Gasteiger partial charge in [-0.15, -0.1) is 0 Å². The zero-order chi connectivity index (χ0) is 15.0. The molecule has 2 nitrogen and oxygen atoms in total. The van der Waals surface area contributed by atoms with Crippen molar-refractivity contribution in [3.05, 3.63) is 59.1 Å². The monoisotopic (exact) mass is 274 g/mol. The highest BCUT2D eigenvalue weighted by Gasteiger charge is 2.12. The van der Waals surface area contributed by atoms with Crippen molar-refractivity contribution in [2.24, 2.45) is 0 Å². The largest absolute Gasteiger partial charge is 0.292 e. The van der Waals surface area contributed by atoms with Gasteiger partial charge >= 0.3 is 0 Å². The topological polar surface area (TPSA) is 17.3 Å². The van der Waals surface area contributed by atoms with Crippen LogP contribution in [0.15, 0.2) is 37.4 Å². The first-order chi connectivity index (χ1) is 10.3. The van der Waals surface area contributed by atoms with Crippen LogP contribution in [0.25, 0.3) is 41.0 Å². The molecule has 0 amide bonds. The highest BCUT2D eigenvalue weighted by molar-refractivity contribution is 5.86. The maximum absolute atomic E-state index is 4.79. The van der Waals surface area contributed by atoms with Crippen LogP contribution >= 0.6 is 0 Å².